The Bertz CT molecular complexity index is 816. The molecule has 4 heteroatoms. The number of para-hydroxylation sites is 1. The van der Waals surface area contributed by atoms with Crippen molar-refractivity contribution < 1.29 is 0 Å². The highest BCUT2D eigenvalue weighted by Gasteiger charge is 2.15. The van der Waals surface area contributed by atoms with Crippen LogP contribution in [-0.2, 0) is 12.2 Å². The van der Waals surface area contributed by atoms with Gasteiger partial charge in [0.05, 0.1) is 10.7 Å². The van der Waals surface area contributed by atoms with Crippen LogP contribution in [0.5, 0.6) is 0 Å². The SMILES string of the molecule is CCc1cnc(CSc2cc3ccccc3[nH]2)cc1N1CCCCC1. The van der Waals surface area contributed by atoms with E-state index in [2.05, 4.69) is 59.4 Å². The molecule has 25 heavy (non-hydrogen) atoms. The number of aromatic amines is 1. The molecule has 1 fully saturated rings. The van der Waals surface area contributed by atoms with Crippen LogP contribution in [0, 0.1) is 0 Å². The molecule has 0 radical (unpaired) electrons. The van der Waals surface area contributed by atoms with Crippen molar-refractivity contribution in [3.8, 4) is 0 Å². The van der Waals surface area contributed by atoms with Crippen molar-refractivity contribution in [3.63, 3.8) is 0 Å². The van der Waals surface area contributed by atoms with Crippen LogP contribution in [0.1, 0.15) is 37.4 Å². The van der Waals surface area contributed by atoms with E-state index >= 15 is 0 Å². The largest absolute Gasteiger partial charge is 0.371 e. The third-order valence-electron chi connectivity index (χ3n) is 4.98. The molecule has 1 aliphatic rings. The quantitative estimate of drug-likeness (QED) is 0.624. The number of nitrogens with zero attached hydrogens (tertiary/aromatic N) is 2. The second-order valence-corrected chi connectivity index (χ2v) is 7.73. The molecule has 0 spiro atoms. The molecule has 130 valence electrons. The number of hydrogen-bond acceptors (Lipinski definition) is 3. The standard InChI is InChI=1S/C21H25N3S/c1-2-16-14-22-18(13-20(16)24-10-6-3-7-11-24)15-25-21-12-17-8-4-5-9-19(17)23-21/h4-5,8-9,12-14,23H,2-3,6-7,10-11,15H2,1H3. The van der Waals surface area contributed by atoms with E-state index in [1.165, 1.54) is 65.2 Å². The highest BCUT2D eigenvalue weighted by Crippen LogP contribution is 2.29. The number of anilines is 1. The Hall–Kier alpha value is -1.94. The van der Waals surface area contributed by atoms with Crippen molar-refractivity contribution in [1.29, 1.82) is 0 Å². The minimum atomic E-state index is 0.900. The highest BCUT2D eigenvalue weighted by atomic mass is 32.2. The van der Waals surface area contributed by atoms with Gasteiger partial charge in [0, 0.05) is 41.6 Å². The van der Waals surface area contributed by atoms with Gasteiger partial charge in [-0.25, -0.2) is 0 Å². The van der Waals surface area contributed by atoms with E-state index in [1.54, 1.807) is 0 Å². The van der Waals surface area contributed by atoms with Gasteiger partial charge >= 0.3 is 0 Å². The second kappa shape index (κ2) is 7.52. The van der Waals surface area contributed by atoms with Crippen LogP contribution in [0.2, 0.25) is 0 Å². The number of H-pyrrole nitrogens is 1. The summed E-state index contributed by atoms with van der Waals surface area (Å²) in [6.07, 6.45) is 7.13. The lowest BCUT2D eigenvalue weighted by molar-refractivity contribution is 0.576. The number of aryl methyl sites for hydroxylation is 1. The van der Waals surface area contributed by atoms with Gasteiger partial charge in [0.25, 0.3) is 0 Å². The van der Waals surface area contributed by atoms with Crippen molar-refractivity contribution in [3.05, 3.63) is 53.9 Å². The summed E-state index contributed by atoms with van der Waals surface area (Å²) in [4.78, 5) is 10.8. The van der Waals surface area contributed by atoms with Crippen LogP contribution in [0.15, 0.2) is 47.6 Å². The van der Waals surface area contributed by atoms with E-state index in [0.29, 0.717) is 0 Å². The summed E-state index contributed by atoms with van der Waals surface area (Å²) in [7, 11) is 0. The Morgan fingerprint density at radius 1 is 1.12 bits per heavy atom. The normalized spacial score (nSPS) is 15.0. The van der Waals surface area contributed by atoms with Gasteiger partial charge in [-0.2, -0.15) is 0 Å². The number of pyridine rings is 1. The Morgan fingerprint density at radius 2 is 1.96 bits per heavy atom. The molecule has 0 saturated carbocycles. The summed E-state index contributed by atoms with van der Waals surface area (Å²) >= 11 is 1.83. The fourth-order valence-electron chi connectivity index (χ4n) is 3.57. The molecule has 4 rings (SSSR count). The molecule has 0 amide bonds. The molecule has 0 bridgehead atoms. The lowest BCUT2D eigenvalue weighted by Crippen LogP contribution is -2.30. The number of fused-ring (bicyclic) bond motifs is 1. The second-order valence-electron chi connectivity index (χ2n) is 6.72. The van der Waals surface area contributed by atoms with Crippen molar-refractivity contribution in [2.24, 2.45) is 0 Å². The Kier molecular flexibility index (Phi) is 4.97. The first-order chi connectivity index (χ1) is 12.3. The molecule has 3 nitrogen and oxygen atoms in total. The first-order valence-electron chi connectivity index (χ1n) is 9.27. The highest BCUT2D eigenvalue weighted by molar-refractivity contribution is 7.98. The number of thioether (sulfide) groups is 1. The molecule has 1 aliphatic heterocycles. The summed E-state index contributed by atoms with van der Waals surface area (Å²) in [6, 6.07) is 13.0. The molecular formula is C21H25N3S. The summed E-state index contributed by atoms with van der Waals surface area (Å²) < 4.78 is 0. The zero-order chi connectivity index (χ0) is 17.1. The van der Waals surface area contributed by atoms with Crippen LogP contribution >= 0.6 is 11.8 Å². The maximum absolute atomic E-state index is 4.71. The average Bonchev–Trinajstić information content (AvgIpc) is 3.10. The number of aromatic nitrogens is 2. The molecule has 1 saturated heterocycles. The van der Waals surface area contributed by atoms with Crippen molar-refractivity contribution in [2.75, 3.05) is 18.0 Å². The zero-order valence-electron chi connectivity index (χ0n) is 14.8. The van der Waals surface area contributed by atoms with E-state index in [-0.39, 0.29) is 0 Å². The molecule has 0 unspecified atom stereocenters. The fourth-order valence-corrected chi connectivity index (χ4v) is 4.43. The summed E-state index contributed by atoms with van der Waals surface area (Å²) in [5.74, 6) is 0.900. The van der Waals surface area contributed by atoms with E-state index in [9.17, 15) is 0 Å². The summed E-state index contributed by atoms with van der Waals surface area (Å²) in [5.41, 5.74) is 5.15. The van der Waals surface area contributed by atoms with E-state index in [0.717, 1.165) is 12.2 Å². The molecule has 1 N–H and O–H groups in total. The molecule has 1 aromatic carbocycles. The third-order valence-corrected chi connectivity index (χ3v) is 5.95. The molecule has 0 aliphatic carbocycles. The first kappa shape index (κ1) is 16.5. The van der Waals surface area contributed by atoms with E-state index < -0.39 is 0 Å². The minimum Gasteiger partial charge on any atom is -0.371 e. The van der Waals surface area contributed by atoms with Gasteiger partial charge in [-0.15, -0.1) is 11.8 Å². The topological polar surface area (TPSA) is 31.9 Å². The smallest absolute Gasteiger partial charge is 0.0736 e. The molecule has 3 heterocycles. The maximum atomic E-state index is 4.71. The van der Waals surface area contributed by atoms with Crippen molar-refractivity contribution in [1.82, 2.24) is 9.97 Å². The van der Waals surface area contributed by atoms with Crippen LogP contribution in [0.4, 0.5) is 5.69 Å². The van der Waals surface area contributed by atoms with Gasteiger partial charge in [-0.05, 0) is 49.4 Å². The number of piperidine rings is 1. The predicted octanol–water partition coefficient (Wildman–Crippen LogP) is 5.41. The number of benzene rings is 1. The summed E-state index contributed by atoms with van der Waals surface area (Å²) in [5, 5.41) is 2.48. The third kappa shape index (κ3) is 3.69. The van der Waals surface area contributed by atoms with Gasteiger partial charge < -0.3 is 9.88 Å². The van der Waals surface area contributed by atoms with Crippen LogP contribution in [-0.4, -0.2) is 23.1 Å². The molecule has 3 aromatic rings. The van der Waals surface area contributed by atoms with Gasteiger partial charge in [0.1, 0.15) is 0 Å². The molecule has 2 aromatic heterocycles. The van der Waals surface area contributed by atoms with E-state index in [4.69, 9.17) is 4.98 Å². The Morgan fingerprint density at radius 3 is 2.76 bits per heavy atom. The molecule has 0 atom stereocenters. The minimum absolute atomic E-state index is 0.900. The van der Waals surface area contributed by atoms with Crippen LogP contribution < -0.4 is 4.90 Å². The van der Waals surface area contributed by atoms with Crippen molar-refractivity contribution >= 4 is 28.4 Å². The van der Waals surface area contributed by atoms with Gasteiger partial charge in [-0.1, -0.05) is 25.1 Å². The lowest BCUT2D eigenvalue weighted by Gasteiger charge is -2.30. The lowest BCUT2D eigenvalue weighted by atomic mass is 10.1. The Balaban J connectivity index is 1.51. The van der Waals surface area contributed by atoms with Crippen molar-refractivity contribution in [2.45, 2.75) is 43.4 Å². The van der Waals surface area contributed by atoms with Gasteiger partial charge in [0.15, 0.2) is 0 Å². The van der Waals surface area contributed by atoms with Gasteiger partial charge in [-0.3, -0.25) is 4.98 Å². The van der Waals surface area contributed by atoms with Gasteiger partial charge in [0.2, 0.25) is 0 Å². The average molecular weight is 352 g/mol. The number of hydrogen-bond donors (Lipinski definition) is 1. The maximum Gasteiger partial charge on any atom is 0.0736 e. The Labute approximate surface area is 153 Å². The number of nitrogens with one attached hydrogen (secondary N) is 1. The molecular weight excluding hydrogens is 326 g/mol. The number of rotatable bonds is 5. The van der Waals surface area contributed by atoms with E-state index in [1.807, 2.05) is 11.8 Å². The van der Waals surface area contributed by atoms with Crippen LogP contribution in [0.3, 0.4) is 0 Å². The summed E-state index contributed by atoms with van der Waals surface area (Å²) in [6.45, 7) is 4.60. The zero-order valence-corrected chi connectivity index (χ0v) is 15.6. The fraction of sp³-hybridized carbons (Fsp3) is 0.381. The first-order valence-corrected chi connectivity index (χ1v) is 10.3. The van der Waals surface area contributed by atoms with Crippen LogP contribution in [0.25, 0.3) is 10.9 Å². The predicted molar refractivity (Wildman–Crippen MR) is 108 cm³/mol. The monoisotopic (exact) mass is 351 g/mol.